The van der Waals surface area contributed by atoms with Gasteiger partial charge >= 0.3 is 0 Å². The molecule has 0 aromatic carbocycles. The number of furan rings is 1. The summed E-state index contributed by atoms with van der Waals surface area (Å²) in [6, 6.07) is 5.51. The monoisotopic (exact) mass is 330 g/mol. The maximum absolute atomic E-state index is 13.0. The number of nitrogens with zero attached hydrogens (tertiary/aromatic N) is 1. The third-order valence-corrected chi connectivity index (χ3v) is 4.89. The van der Waals surface area contributed by atoms with Gasteiger partial charge in [-0.1, -0.05) is 0 Å². The molecule has 24 heavy (non-hydrogen) atoms. The Hall–Kier alpha value is -2.34. The molecule has 2 aromatic heterocycles. The Morgan fingerprint density at radius 1 is 1.46 bits per heavy atom. The van der Waals surface area contributed by atoms with E-state index in [0.717, 1.165) is 34.2 Å². The van der Waals surface area contributed by atoms with Crippen LogP contribution in [-0.4, -0.2) is 41.9 Å². The molecular weight excluding hydrogens is 306 g/mol. The Bertz CT molecular complexity index is 746. The van der Waals surface area contributed by atoms with Crippen molar-refractivity contribution < 1.29 is 18.9 Å². The van der Waals surface area contributed by atoms with Crippen LogP contribution in [0.2, 0.25) is 0 Å². The zero-order chi connectivity index (χ0) is 17.3. The number of rotatable bonds is 5. The SMILES string of the molecule is Cc1cc(C(=O)[C@@H](C)[NH+]2CCNC(=O)C2)c(C)n1Cc1ccco1. The van der Waals surface area contributed by atoms with Crippen LogP contribution in [0.1, 0.15) is 34.4 Å². The number of nitrogens with one attached hydrogen (secondary N) is 2. The molecule has 1 aliphatic heterocycles. The highest BCUT2D eigenvalue weighted by molar-refractivity contribution is 6.00. The van der Waals surface area contributed by atoms with Crippen LogP contribution in [0.25, 0.3) is 0 Å². The number of hydrogen-bond donors (Lipinski definition) is 2. The topological polar surface area (TPSA) is 68.7 Å². The molecular formula is C18H24N3O3+. The van der Waals surface area contributed by atoms with Crippen molar-refractivity contribution in [3.63, 3.8) is 0 Å². The number of Topliss-reactive ketones (excluding diaryl/α,β-unsaturated/α-hetero) is 1. The summed E-state index contributed by atoms with van der Waals surface area (Å²) in [5.74, 6) is 0.972. The van der Waals surface area contributed by atoms with E-state index in [1.165, 1.54) is 0 Å². The van der Waals surface area contributed by atoms with Crippen molar-refractivity contribution in [3.05, 3.63) is 47.2 Å². The van der Waals surface area contributed by atoms with Crippen LogP contribution >= 0.6 is 0 Å². The average Bonchev–Trinajstić information content (AvgIpc) is 3.17. The quantitative estimate of drug-likeness (QED) is 0.777. The van der Waals surface area contributed by atoms with Gasteiger partial charge in [0.15, 0.2) is 6.54 Å². The molecule has 1 saturated heterocycles. The van der Waals surface area contributed by atoms with Crippen molar-refractivity contribution in [3.8, 4) is 0 Å². The molecule has 1 unspecified atom stereocenters. The van der Waals surface area contributed by atoms with Gasteiger partial charge in [0.05, 0.1) is 25.9 Å². The molecule has 6 heteroatoms. The van der Waals surface area contributed by atoms with Crippen LogP contribution in [0.3, 0.4) is 0 Å². The number of amides is 1. The third kappa shape index (κ3) is 3.14. The highest BCUT2D eigenvalue weighted by Crippen LogP contribution is 2.18. The fourth-order valence-electron chi connectivity index (χ4n) is 3.36. The molecule has 128 valence electrons. The highest BCUT2D eigenvalue weighted by Gasteiger charge is 2.32. The highest BCUT2D eigenvalue weighted by atomic mass is 16.3. The molecule has 0 bridgehead atoms. The minimum atomic E-state index is -0.228. The first-order valence-corrected chi connectivity index (χ1v) is 8.32. The molecule has 1 fully saturated rings. The Kier molecular flexibility index (Phi) is 4.57. The van der Waals surface area contributed by atoms with Crippen molar-refractivity contribution in [1.82, 2.24) is 9.88 Å². The molecule has 2 N–H and O–H groups in total. The Morgan fingerprint density at radius 2 is 2.25 bits per heavy atom. The summed E-state index contributed by atoms with van der Waals surface area (Å²) in [7, 11) is 0. The van der Waals surface area contributed by atoms with Gasteiger partial charge in [-0.2, -0.15) is 0 Å². The molecule has 2 aromatic rings. The van der Waals surface area contributed by atoms with E-state index >= 15 is 0 Å². The zero-order valence-corrected chi connectivity index (χ0v) is 14.4. The predicted octanol–water partition coefficient (Wildman–Crippen LogP) is 0.332. The number of ketones is 1. The van der Waals surface area contributed by atoms with Gasteiger partial charge in [0.25, 0.3) is 5.91 Å². The van der Waals surface area contributed by atoms with Gasteiger partial charge in [-0.15, -0.1) is 0 Å². The van der Waals surface area contributed by atoms with Gasteiger partial charge < -0.3 is 19.2 Å². The van der Waals surface area contributed by atoms with Crippen LogP contribution in [-0.2, 0) is 11.3 Å². The van der Waals surface area contributed by atoms with Crippen LogP contribution in [0.15, 0.2) is 28.9 Å². The van der Waals surface area contributed by atoms with E-state index in [2.05, 4.69) is 9.88 Å². The van der Waals surface area contributed by atoms with Crippen molar-refractivity contribution >= 4 is 11.7 Å². The summed E-state index contributed by atoms with van der Waals surface area (Å²) in [6.07, 6.45) is 1.66. The largest absolute Gasteiger partial charge is 0.467 e. The minimum Gasteiger partial charge on any atom is -0.467 e. The van der Waals surface area contributed by atoms with Crippen LogP contribution < -0.4 is 10.2 Å². The van der Waals surface area contributed by atoms with Crippen molar-refractivity contribution in [2.75, 3.05) is 19.6 Å². The number of aromatic nitrogens is 1. The summed E-state index contributed by atoms with van der Waals surface area (Å²) in [5.41, 5.74) is 2.72. The first-order valence-electron chi connectivity index (χ1n) is 8.32. The van der Waals surface area contributed by atoms with Gasteiger partial charge in [-0.3, -0.25) is 9.59 Å². The van der Waals surface area contributed by atoms with Gasteiger partial charge in [0.2, 0.25) is 5.78 Å². The number of hydrogen-bond acceptors (Lipinski definition) is 3. The molecule has 0 spiro atoms. The Labute approximate surface area is 141 Å². The zero-order valence-electron chi connectivity index (χ0n) is 14.4. The normalized spacial score (nSPS) is 19.1. The Balaban J connectivity index is 1.81. The smallest absolute Gasteiger partial charge is 0.275 e. The first kappa shape index (κ1) is 16.5. The lowest BCUT2D eigenvalue weighted by molar-refractivity contribution is -0.907. The fourth-order valence-corrected chi connectivity index (χ4v) is 3.36. The van der Waals surface area contributed by atoms with E-state index in [0.29, 0.717) is 19.6 Å². The molecule has 1 amide bonds. The Morgan fingerprint density at radius 3 is 2.92 bits per heavy atom. The maximum Gasteiger partial charge on any atom is 0.275 e. The third-order valence-electron chi connectivity index (χ3n) is 4.89. The minimum absolute atomic E-state index is 0.0131. The molecule has 0 aliphatic carbocycles. The lowest BCUT2D eigenvalue weighted by atomic mass is 10.0. The number of carbonyl (C=O) groups is 2. The fraction of sp³-hybridized carbons (Fsp3) is 0.444. The van der Waals surface area contributed by atoms with Gasteiger partial charge in [-0.25, -0.2) is 0 Å². The number of quaternary nitrogens is 1. The van der Waals surface area contributed by atoms with E-state index in [1.54, 1.807) is 6.26 Å². The molecule has 0 radical (unpaired) electrons. The molecule has 0 saturated carbocycles. The second-order valence-corrected chi connectivity index (χ2v) is 6.47. The van der Waals surface area contributed by atoms with Crippen molar-refractivity contribution in [2.24, 2.45) is 0 Å². The number of piperazine rings is 1. The maximum atomic E-state index is 13.0. The van der Waals surface area contributed by atoms with Crippen LogP contribution in [0.4, 0.5) is 0 Å². The van der Waals surface area contributed by atoms with E-state index in [4.69, 9.17) is 4.42 Å². The van der Waals surface area contributed by atoms with Crippen molar-refractivity contribution in [1.29, 1.82) is 0 Å². The van der Waals surface area contributed by atoms with Crippen LogP contribution in [0, 0.1) is 13.8 Å². The summed E-state index contributed by atoms with van der Waals surface area (Å²) >= 11 is 0. The van der Waals surface area contributed by atoms with E-state index in [-0.39, 0.29) is 17.7 Å². The number of carbonyl (C=O) groups excluding carboxylic acids is 2. The standard InChI is InChI=1S/C18H23N3O3/c1-12-9-16(13(2)21(12)10-15-5-4-8-24-15)18(23)14(3)20-7-6-19-17(22)11-20/h4-5,8-9,14H,6-7,10-11H2,1-3H3,(H,19,22)/p+1/t14-/m1/s1. The van der Waals surface area contributed by atoms with Gasteiger partial charge in [-0.05, 0) is 39.0 Å². The molecule has 6 nitrogen and oxygen atoms in total. The van der Waals surface area contributed by atoms with Crippen LogP contribution in [0.5, 0.6) is 0 Å². The van der Waals surface area contributed by atoms with E-state index < -0.39 is 0 Å². The predicted molar refractivity (Wildman–Crippen MR) is 89.2 cm³/mol. The lowest BCUT2D eigenvalue weighted by Crippen LogP contribution is -3.19. The van der Waals surface area contributed by atoms with Gasteiger partial charge in [0, 0.05) is 17.0 Å². The second-order valence-electron chi connectivity index (χ2n) is 6.47. The molecule has 3 heterocycles. The first-order chi connectivity index (χ1) is 11.5. The lowest BCUT2D eigenvalue weighted by Gasteiger charge is -2.28. The van der Waals surface area contributed by atoms with E-state index in [1.807, 2.05) is 39.0 Å². The second kappa shape index (κ2) is 6.65. The average molecular weight is 330 g/mol. The summed E-state index contributed by atoms with van der Waals surface area (Å²) < 4.78 is 7.51. The summed E-state index contributed by atoms with van der Waals surface area (Å²) in [4.78, 5) is 25.6. The summed E-state index contributed by atoms with van der Waals surface area (Å²) in [5, 5.41) is 2.81. The van der Waals surface area contributed by atoms with E-state index in [9.17, 15) is 9.59 Å². The molecule has 2 atom stereocenters. The number of aryl methyl sites for hydroxylation is 1. The molecule has 3 rings (SSSR count). The molecule has 1 aliphatic rings. The summed E-state index contributed by atoms with van der Waals surface area (Å²) in [6.45, 7) is 8.26. The van der Waals surface area contributed by atoms with Crippen molar-refractivity contribution in [2.45, 2.75) is 33.4 Å². The van der Waals surface area contributed by atoms with Gasteiger partial charge in [0.1, 0.15) is 11.8 Å².